The molecule has 4 unspecified atom stereocenters. The highest BCUT2D eigenvalue weighted by molar-refractivity contribution is 6.99. The van der Waals surface area contributed by atoms with Gasteiger partial charge >= 0.3 is 62.1 Å². The lowest BCUT2D eigenvalue weighted by atomic mass is 10.3. The number of hydrogen-bond acceptors (Lipinski definition) is 11. The van der Waals surface area contributed by atoms with Crippen LogP contribution >= 0.6 is 0 Å². The van der Waals surface area contributed by atoms with Crippen molar-refractivity contribution in [3.63, 3.8) is 0 Å². The normalized spacial score (nSPS) is 39.7. The summed E-state index contributed by atoms with van der Waals surface area (Å²) in [6.45, 7) is 41.2. The minimum absolute atomic E-state index is 0.552. The van der Waals surface area contributed by atoms with Crippen molar-refractivity contribution in [2.75, 3.05) is 0 Å². The minimum Gasteiger partial charge on any atom is -0.393 e. The van der Waals surface area contributed by atoms with Crippen molar-refractivity contribution in [3.8, 4) is 0 Å². The van der Waals surface area contributed by atoms with Gasteiger partial charge in [0.15, 0.2) is 0 Å². The van der Waals surface area contributed by atoms with Gasteiger partial charge in [-0.3, -0.25) is 0 Å². The summed E-state index contributed by atoms with van der Waals surface area (Å²) in [5.74, 6) is 0. The summed E-state index contributed by atoms with van der Waals surface area (Å²) in [5, 5.41) is -5.67. The van der Waals surface area contributed by atoms with Gasteiger partial charge in [0, 0.05) is 35.3 Å². The van der Waals surface area contributed by atoms with Crippen LogP contribution in [0, 0.1) is 0 Å². The quantitative estimate of drug-likeness (QED) is 0.234. The zero-order valence-corrected chi connectivity index (χ0v) is 39.6. The highest BCUT2D eigenvalue weighted by atomic mass is 28.6. The molecule has 46 heavy (non-hydrogen) atoms. The molecule has 3 aliphatic heterocycles. The number of rotatable bonds is 0. The van der Waals surface area contributed by atoms with E-state index in [1.165, 1.54) is 0 Å². The van der Waals surface area contributed by atoms with E-state index in [1.54, 1.807) is 0 Å². The highest BCUT2D eigenvalue weighted by Gasteiger charge is 2.84. The third kappa shape index (κ3) is 6.85. The molecule has 1 radical (unpaired) electrons. The third-order valence-electron chi connectivity index (χ3n) is 8.53. The van der Waals surface area contributed by atoms with Crippen molar-refractivity contribution in [1.29, 1.82) is 0 Å². The van der Waals surface area contributed by atoms with E-state index >= 15 is 0 Å². The van der Waals surface area contributed by atoms with Crippen molar-refractivity contribution in [3.05, 3.63) is 0 Å². The fraction of sp³-hybridized carbons (Fsp3) is 1.00. The Bertz CT molecular complexity index is 1100. The van der Waals surface area contributed by atoms with Gasteiger partial charge in [-0.2, -0.15) is 0 Å². The SMILES string of the molecule is CC(C)(C)[Si]1O[Si]2(C(C)(C)C)O[Si](O)(C(C)(C)C)O[Si]3(C(C)(C)C)O[Si](O)(C(C)(C)C)O[Si](C(C)(C)C)(O1)O[Si](C(C)(C)C)(O2)O3. The monoisotopic (exact) mass is 773 g/mol. The lowest BCUT2D eigenvalue weighted by molar-refractivity contribution is -0.0153. The van der Waals surface area contributed by atoms with Crippen molar-refractivity contribution in [1.82, 2.24) is 0 Å². The van der Waals surface area contributed by atoms with E-state index in [-0.39, 0.29) is 0 Å². The second-order valence-electron chi connectivity index (χ2n) is 20.3. The average molecular weight is 774 g/mol. The van der Waals surface area contributed by atoms with Crippen LogP contribution < -0.4 is 0 Å². The average Bonchev–Trinajstić information content (AvgIpc) is 2.68. The molecule has 3 fully saturated rings. The molecule has 3 rings (SSSR count). The fourth-order valence-corrected chi connectivity index (χ4v) is 46.8. The van der Waals surface area contributed by atoms with Crippen LogP contribution in [0.25, 0.3) is 0 Å². The predicted octanol–water partition coefficient (Wildman–Crippen LogP) is 7.88. The molecule has 18 heteroatoms. The molecule has 0 aromatic heterocycles. The molecule has 0 saturated carbocycles. The molecule has 4 bridgehead atoms. The largest absolute Gasteiger partial charge is 0.489 e. The molecule has 3 heterocycles. The third-order valence-corrected chi connectivity index (χ3v) is 39.7. The Morgan fingerprint density at radius 2 is 0.543 bits per heavy atom. The van der Waals surface area contributed by atoms with Crippen molar-refractivity contribution in [2.24, 2.45) is 0 Å². The molecule has 2 N–H and O–H groups in total. The Kier molecular flexibility index (Phi) is 10.2. The zero-order valence-electron chi connectivity index (χ0n) is 32.6. The van der Waals surface area contributed by atoms with Gasteiger partial charge in [-0.15, -0.1) is 0 Å². The van der Waals surface area contributed by atoms with E-state index in [0.717, 1.165) is 0 Å². The molecule has 0 aliphatic carbocycles. The summed E-state index contributed by atoms with van der Waals surface area (Å²) >= 11 is 0. The first-order valence-electron chi connectivity index (χ1n) is 16.4. The topological polar surface area (TPSA) is 124 Å². The van der Waals surface area contributed by atoms with E-state index in [2.05, 4.69) is 0 Å². The summed E-state index contributed by atoms with van der Waals surface area (Å²) in [6.07, 6.45) is 0. The van der Waals surface area contributed by atoms with Gasteiger partial charge in [0.05, 0.1) is 0 Å². The van der Waals surface area contributed by atoms with Crippen LogP contribution in [-0.2, 0) is 37.0 Å². The molecular weight excluding hydrogens is 709 g/mol. The predicted molar refractivity (Wildman–Crippen MR) is 192 cm³/mol. The van der Waals surface area contributed by atoms with Gasteiger partial charge < -0.3 is 46.6 Å². The van der Waals surface area contributed by atoms with Crippen molar-refractivity contribution >= 4 is 62.1 Å². The fourth-order valence-electron chi connectivity index (χ4n) is 4.57. The molecular formula is C28H65O11Si7. The van der Waals surface area contributed by atoms with E-state index < -0.39 is 97.4 Å². The molecule has 0 amide bonds. The maximum Gasteiger partial charge on any atom is 0.489 e. The van der Waals surface area contributed by atoms with Crippen LogP contribution in [0.15, 0.2) is 0 Å². The van der Waals surface area contributed by atoms with Crippen molar-refractivity contribution < 1.29 is 46.6 Å². The van der Waals surface area contributed by atoms with Crippen LogP contribution in [0.4, 0.5) is 0 Å². The molecule has 0 aromatic rings. The molecule has 3 aliphatic rings. The first-order valence-corrected chi connectivity index (χ1v) is 28.1. The van der Waals surface area contributed by atoms with Gasteiger partial charge in [-0.1, -0.05) is 145 Å². The standard InChI is InChI=1S/C28H65O11Si7/c1-22(2,3)40-31-43(25(10,11)12)33-41(29,23(4,5)6)35-45(27(16,17)18)36-42(30,24(7,8)9)34-44(32-40,26(13,14)15)38-46(37-43,39-45)28(19,20)21/h29-30H,1-21H3. The Hall–Kier alpha value is 1.08. The van der Waals surface area contributed by atoms with Crippen LogP contribution in [0.2, 0.25) is 35.3 Å². The van der Waals surface area contributed by atoms with E-state index in [1.807, 2.05) is 145 Å². The summed E-state index contributed by atoms with van der Waals surface area (Å²) in [7, 11) is -28.0. The Morgan fingerprint density at radius 1 is 0.326 bits per heavy atom. The number of fused-ring (bicyclic) bond motifs is 3. The second-order valence-corrected chi connectivity index (χ2v) is 45.5. The van der Waals surface area contributed by atoms with Gasteiger partial charge in [0.25, 0.3) is 0 Å². The minimum atomic E-state index is -4.43. The molecule has 271 valence electrons. The number of hydrogen-bond donors (Lipinski definition) is 2. The molecule has 0 spiro atoms. The van der Waals surface area contributed by atoms with Crippen molar-refractivity contribution in [2.45, 2.75) is 181 Å². The van der Waals surface area contributed by atoms with Gasteiger partial charge in [0.2, 0.25) is 0 Å². The van der Waals surface area contributed by atoms with Crippen LogP contribution in [-0.4, -0.2) is 71.7 Å². The van der Waals surface area contributed by atoms with Crippen LogP contribution in [0.5, 0.6) is 0 Å². The Balaban J connectivity index is 2.72. The first-order chi connectivity index (χ1) is 19.8. The highest BCUT2D eigenvalue weighted by Crippen LogP contribution is 2.62. The maximum atomic E-state index is 13.0. The molecule has 4 atom stereocenters. The van der Waals surface area contributed by atoms with Gasteiger partial charge in [0.1, 0.15) is 0 Å². The van der Waals surface area contributed by atoms with Gasteiger partial charge in [-0.25, -0.2) is 0 Å². The summed E-state index contributed by atoms with van der Waals surface area (Å²) in [4.78, 5) is 25.9. The molecule has 11 nitrogen and oxygen atoms in total. The maximum absolute atomic E-state index is 13.0. The van der Waals surface area contributed by atoms with Crippen LogP contribution in [0.1, 0.15) is 145 Å². The second kappa shape index (κ2) is 11.3. The first kappa shape index (κ1) is 41.5. The zero-order chi connectivity index (χ0) is 36.4. The molecule has 0 aromatic carbocycles. The van der Waals surface area contributed by atoms with Crippen LogP contribution in [0.3, 0.4) is 0 Å². The summed E-state index contributed by atoms with van der Waals surface area (Å²) in [6, 6.07) is 0. The lowest BCUT2D eigenvalue weighted by Gasteiger charge is -2.64. The van der Waals surface area contributed by atoms with E-state index in [9.17, 15) is 9.59 Å². The lowest BCUT2D eigenvalue weighted by Crippen LogP contribution is -2.86. The smallest absolute Gasteiger partial charge is 0.393 e. The van der Waals surface area contributed by atoms with E-state index in [4.69, 9.17) is 37.0 Å². The Labute approximate surface area is 288 Å². The summed E-state index contributed by atoms with van der Waals surface area (Å²) < 4.78 is 65.9. The molecule has 3 saturated heterocycles. The summed E-state index contributed by atoms with van der Waals surface area (Å²) in [5.41, 5.74) is 0. The van der Waals surface area contributed by atoms with E-state index in [0.29, 0.717) is 0 Å². The van der Waals surface area contributed by atoms with Gasteiger partial charge in [-0.05, 0) is 0 Å². The Morgan fingerprint density at radius 3 is 0.761 bits per heavy atom.